The molecular weight excluding hydrogens is 649 g/mol. The third-order valence-corrected chi connectivity index (χ3v) is 10.6. The lowest BCUT2D eigenvalue weighted by atomic mass is 9.93. The van der Waals surface area contributed by atoms with Crippen LogP contribution in [0.4, 0.5) is 0 Å². The Morgan fingerprint density at radius 1 is 0.481 bits per heavy atom. The van der Waals surface area contributed by atoms with Crippen LogP contribution in [-0.2, 0) is 0 Å². The molecule has 8 rings (SSSR count). The van der Waals surface area contributed by atoms with Crippen LogP contribution < -0.4 is 0 Å². The van der Waals surface area contributed by atoms with Crippen molar-refractivity contribution in [3.8, 4) is 33.4 Å². The van der Waals surface area contributed by atoms with Gasteiger partial charge in [-0.1, -0.05) is 158 Å². The van der Waals surface area contributed by atoms with E-state index in [9.17, 15) is 0 Å². The fourth-order valence-electron chi connectivity index (χ4n) is 6.78. The molecule has 0 aliphatic rings. The molecule has 250 valence electrons. The van der Waals surface area contributed by atoms with Crippen molar-refractivity contribution in [2.45, 2.75) is 19.9 Å². The number of fused-ring (bicyclic) bond motifs is 3. The van der Waals surface area contributed by atoms with Gasteiger partial charge in [-0.25, -0.2) is 4.99 Å². The molecule has 0 fully saturated rings. The van der Waals surface area contributed by atoms with Crippen LogP contribution in [-0.4, -0.2) is 11.5 Å². The van der Waals surface area contributed by atoms with Crippen molar-refractivity contribution < 1.29 is 0 Å². The zero-order chi connectivity index (χ0) is 35.4. The molecule has 52 heavy (non-hydrogen) atoms. The number of thiophene rings is 1. The quantitative estimate of drug-likeness (QED) is 0.0863. The molecule has 3 heteroatoms. The monoisotopic (exact) mass is 686 g/mol. The number of aliphatic imine (C=N–C) groups is 2. The van der Waals surface area contributed by atoms with Gasteiger partial charge in [0.1, 0.15) is 0 Å². The third kappa shape index (κ3) is 6.92. The van der Waals surface area contributed by atoms with Crippen molar-refractivity contribution in [2.75, 3.05) is 0 Å². The smallest absolute Gasteiger partial charge is 0.155 e. The van der Waals surface area contributed by atoms with Gasteiger partial charge in [0.2, 0.25) is 0 Å². The summed E-state index contributed by atoms with van der Waals surface area (Å²) in [5.41, 5.74) is 12.3. The van der Waals surface area contributed by atoms with Crippen molar-refractivity contribution in [1.82, 2.24) is 0 Å². The van der Waals surface area contributed by atoms with Crippen molar-refractivity contribution in [2.24, 2.45) is 9.98 Å². The van der Waals surface area contributed by atoms with Crippen molar-refractivity contribution in [1.29, 1.82) is 0 Å². The van der Waals surface area contributed by atoms with Gasteiger partial charge >= 0.3 is 0 Å². The Kier molecular flexibility index (Phi) is 9.27. The molecule has 1 aromatic heterocycles. The molecule has 0 saturated heterocycles. The number of rotatable bonds is 8. The minimum absolute atomic E-state index is 0.246. The second kappa shape index (κ2) is 14.6. The van der Waals surface area contributed by atoms with Crippen LogP contribution >= 0.6 is 11.3 Å². The average Bonchev–Trinajstić information content (AvgIpc) is 3.57. The summed E-state index contributed by atoms with van der Waals surface area (Å²) in [6.07, 6.45) is 0. The summed E-state index contributed by atoms with van der Waals surface area (Å²) in [6, 6.07) is 62.1. The molecule has 0 spiro atoms. The highest BCUT2D eigenvalue weighted by molar-refractivity contribution is 7.25. The number of hydrogen-bond donors (Lipinski definition) is 0. The molecule has 0 radical (unpaired) electrons. The molecule has 1 heterocycles. The molecular formula is C49H38N2S. The van der Waals surface area contributed by atoms with Gasteiger partial charge < -0.3 is 0 Å². The largest absolute Gasteiger partial charge is 0.253 e. The Morgan fingerprint density at radius 3 is 1.52 bits per heavy atom. The Balaban J connectivity index is 1.20. The molecule has 2 nitrogen and oxygen atoms in total. The summed E-state index contributed by atoms with van der Waals surface area (Å²) in [7, 11) is 0. The average molecular weight is 687 g/mol. The van der Waals surface area contributed by atoms with Crippen LogP contribution in [0.25, 0.3) is 53.6 Å². The van der Waals surface area contributed by atoms with Gasteiger partial charge in [0.25, 0.3) is 0 Å². The summed E-state index contributed by atoms with van der Waals surface area (Å²) in [5.74, 6) is 0.698. The van der Waals surface area contributed by atoms with Gasteiger partial charge in [0.05, 0.1) is 6.04 Å². The Labute approximate surface area is 309 Å². The highest BCUT2D eigenvalue weighted by Crippen LogP contribution is 2.40. The van der Waals surface area contributed by atoms with Gasteiger partial charge in [-0.15, -0.1) is 11.3 Å². The SMILES string of the molecule is C=C(C)C(N=C(N=C(C)c1ccccc1)c1ccccc1)c1ccc2c(c1)sc1cc(-c3cc(-c4ccccc4)cc(-c4ccccc4)c3)ccc12. The third-order valence-electron chi connectivity index (χ3n) is 9.51. The summed E-state index contributed by atoms with van der Waals surface area (Å²) < 4.78 is 2.50. The van der Waals surface area contributed by atoms with Crippen molar-refractivity contribution in [3.63, 3.8) is 0 Å². The lowest BCUT2D eigenvalue weighted by Crippen LogP contribution is -2.07. The molecule has 1 atom stereocenters. The zero-order valence-corrected chi connectivity index (χ0v) is 30.1. The van der Waals surface area contributed by atoms with Crippen LogP contribution in [0.2, 0.25) is 0 Å². The predicted molar refractivity (Wildman–Crippen MR) is 225 cm³/mol. The maximum atomic E-state index is 5.30. The molecule has 1 unspecified atom stereocenters. The molecule has 0 bridgehead atoms. The zero-order valence-electron chi connectivity index (χ0n) is 29.3. The first kappa shape index (κ1) is 33.0. The van der Waals surface area contributed by atoms with Crippen molar-refractivity contribution in [3.05, 3.63) is 205 Å². The van der Waals surface area contributed by atoms with Crippen LogP contribution in [0.1, 0.15) is 36.6 Å². The van der Waals surface area contributed by atoms with E-state index in [0.29, 0.717) is 5.84 Å². The highest BCUT2D eigenvalue weighted by atomic mass is 32.1. The van der Waals surface area contributed by atoms with E-state index in [2.05, 4.69) is 153 Å². The molecule has 0 amide bonds. The van der Waals surface area contributed by atoms with Gasteiger partial charge in [-0.2, -0.15) is 0 Å². The first-order chi connectivity index (χ1) is 25.5. The lowest BCUT2D eigenvalue weighted by molar-refractivity contribution is 0.852. The molecule has 8 aromatic rings. The van der Waals surface area contributed by atoms with Gasteiger partial charge in [0.15, 0.2) is 5.84 Å². The van der Waals surface area contributed by atoms with E-state index < -0.39 is 0 Å². The summed E-state index contributed by atoms with van der Waals surface area (Å²) >= 11 is 1.83. The highest BCUT2D eigenvalue weighted by Gasteiger charge is 2.17. The Bertz CT molecular complexity index is 2520. The number of nitrogens with zero attached hydrogens (tertiary/aromatic N) is 2. The Morgan fingerprint density at radius 2 is 0.962 bits per heavy atom. The first-order valence-electron chi connectivity index (χ1n) is 17.6. The second-order valence-electron chi connectivity index (χ2n) is 13.2. The summed E-state index contributed by atoms with van der Waals surface area (Å²) in [6.45, 7) is 8.49. The van der Waals surface area contributed by atoms with E-state index in [4.69, 9.17) is 9.98 Å². The fraction of sp³-hybridized carbons (Fsp3) is 0.0612. The second-order valence-corrected chi connectivity index (χ2v) is 14.3. The minimum atomic E-state index is -0.246. The van der Waals surface area contributed by atoms with Crippen LogP contribution in [0.5, 0.6) is 0 Å². The summed E-state index contributed by atoms with van der Waals surface area (Å²) in [5, 5.41) is 2.52. The predicted octanol–water partition coefficient (Wildman–Crippen LogP) is 13.6. The molecule has 0 aliphatic heterocycles. The van der Waals surface area contributed by atoms with Gasteiger partial charge in [-0.05, 0) is 88.7 Å². The van der Waals surface area contributed by atoms with Gasteiger partial charge in [-0.3, -0.25) is 4.99 Å². The standard InChI is InChI=1S/C49H38N2S/c1-33(2)48(51-49(38-22-14-7-15-23-38)50-34(3)35-16-8-4-9-17-35)40-25-27-45-44-26-24-39(31-46(44)52-47(45)32-40)43-29-41(36-18-10-5-11-19-36)28-42(30-43)37-20-12-6-13-21-37/h4-32,48H,1H2,2-3H3. The van der Waals surface area contributed by atoms with E-state index in [1.165, 1.54) is 53.6 Å². The van der Waals surface area contributed by atoms with Crippen LogP contribution in [0.15, 0.2) is 198 Å². The fourth-order valence-corrected chi connectivity index (χ4v) is 7.98. The van der Waals surface area contributed by atoms with E-state index in [1.807, 2.05) is 54.7 Å². The van der Waals surface area contributed by atoms with Crippen LogP contribution in [0.3, 0.4) is 0 Å². The first-order valence-corrected chi connectivity index (χ1v) is 18.4. The normalized spacial score (nSPS) is 12.7. The summed E-state index contributed by atoms with van der Waals surface area (Å²) in [4.78, 5) is 10.4. The van der Waals surface area contributed by atoms with E-state index >= 15 is 0 Å². The van der Waals surface area contributed by atoms with E-state index in [0.717, 1.165) is 28.0 Å². The lowest BCUT2D eigenvalue weighted by Gasteiger charge is -2.15. The van der Waals surface area contributed by atoms with Crippen molar-refractivity contribution >= 4 is 43.1 Å². The maximum absolute atomic E-state index is 5.30. The number of benzene rings is 7. The Hall–Kier alpha value is -6.16. The van der Waals surface area contributed by atoms with E-state index in [-0.39, 0.29) is 6.04 Å². The maximum Gasteiger partial charge on any atom is 0.155 e. The topological polar surface area (TPSA) is 24.7 Å². The van der Waals surface area contributed by atoms with Gasteiger partial charge in [0, 0.05) is 31.4 Å². The molecule has 7 aromatic carbocycles. The number of hydrogen-bond acceptors (Lipinski definition) is 2. The minimum Gasteiger partial charge on any atom is -0.253 e. The van der Waals surface area contributed by atoms with Crippen LogP contribution in [0, 0.1) is 0 Å². The molecule has 0 aliphatic carbocycles. The molecule has 0 saturated carbocycles. The van der Waals surface area contributed by atoms with E-state index in [1.54, 1.807) is 0 Å². The molecule has 0 N–H and O–H groups in total. The number of amidine groups is 1.